The molecule has 5 heteroatoms. The van der Waals surface area contributed by atoms with Crippen molar-refractivity contribution in [2.45, 2.75) is 26.3 Å². The van der Waals surface area contributed by atoms with E-state index in [2.05, 4.69) is 12.2 Å². The predicted molar refractivity (Wildman–Crippen MR) is 90.3 cm³/mol. The highest BCUT2D eigenvalue weighted by molar-refractivity contribution is 5.93. The number of rotatable bonds is 5. The molecular weight excluding hydrogens is 290 g/mol. The van der Waals surface area contributed by atoms with Gasteiger partial charge in [0, 0.05) is 31.3 Å². The zero-order chi connectivity index (χ0) is 16.8. The third-order valence-electron chi connectivity index (χ3n) is 4.41. The molecule has 2 amide bonds. The maximum Gasteiger partial charge on any atom is 0.277 e. The first-order valence-corrected chi connectivity index (χ1v) is 8.39. The van der Waals surface area contributed by atoms with Gasteiger partial charge in [0.1, 0.15) is 6.54 Å². The van der Waals surface area contributed by atoms with Crippen LogP contribution in [-0.4, -0.2) is 50.4 Å². The summed E-state index contributed by atoms with van der Waals surface area (Å²) in [4.78, 5) is 27.1. The summed E-state index contributed by atoms with van der Waals surface area (Å²) < 4.78 is 0. The van der Waals surface area contributed by atoms with Crippen molar-refractivity contribution < 1.29 is 14.5 Å². The van der Waals surface area contributed by atoms with Crippen LogP contribution in [0, 0.1) is 5.92 Å². The average molecular weight is 318 g/mol. The first kappa shape index (κ1) is 17.5. The largest absolute Gasteiger partial charge is 0.355 e. The number of nitrogens with zero attached hydrogens (tertiary/aromatic N) is 1. The summed E-state index contributed by atoms with van der Waals surface area (Å²) in [7, 11) is 3.67. The van der Waals surface area contributed by atoms with Crippen LogP contribution in [0.2, 0.25) is 0 Å². The van der Waals surface area contributed by atoms with E-state index in [0.29, 0.717) is 18.0 Å². The molecule has 0 bridgehead atoms. The Kier molecular flexibility index (Phi) is 6.16. The number of likely N-dealkylation sites (N-methyl/N-ethyl adjacent to an activating group) is 1. The molecule has 126 valence electrons. The van der Waals surface area contributed by atoms with Gasteiger partial charge in [-0.05, 0) is 30.9 Å². The van der Waals surface area contributed by atoms with Crippen LogP contribution in [0.1, 0.15) is 35.7 Å². The molecule has 1 aromatic rings. The number of amides is 2. The molecule has 1 aromatic carbocycles. The first-order valence-electron chi connectivity index (χ1n) is 8.39. The van der Waals surface area contributed by atoms with E-state index in [9.17, 15) is 9.59 Å². The molecule has 1 heterocycles. The van der Waals surface area contributed by atoms with E-state index in [1.807, 2.05) is 36.2 Å². The number of piperidine rings is 1. The Hall–Kier alpha value is -1.88. The molecule has 0 aromatic heterocycles. The Labute approximate surface area is 138 Å². The third kappa shape index (κ3) is 5.06. The van der Waals surface area contributed by atoms with Crippen molar-refractivity contribution in [3.63, 3.8) is 0 Å². The summed E-state index contributed by atoms with van der Waals surface area (Å²) in [6.45, 7) is 5.31. The van der Waals surface area contributed by atoms with E-state index in [-0.39, 0.29) is 11.8 Å². The standard InChI is InChI=1S/C18H27N3O2/c1-14-5-4-10-21(11-14)17(22)13-20(3)12-15-6-8-16(9-7-15)18(23)19-2/h6-9,14H,4-5,10-13H2,1-3H3,(H,19,23)/p+1/t14-/m0/s1. The van der Waals surface area contributed by atoms with Crippen molar-refractivity contribution in [1.29, 1.82) is 0 Å². The maximum absolute atomic E-state index is 12.4. The van der Waals surface area contributed by atoms with Crippen LogP contribution in [-0.2, 0) is 11.3 Å². The van der Waals surface area contributed by atoms with Crippen molar-refractivity contribution >= 4 is 11.8 Å². The van der Waals surface area contributed by atoms with E-state index in [1.54, 1.807) is 7.05 Å². The Bertz CT molecular complexity index is 542. The Balaban J connectivity index is 1.85. The molecule has 0 aliphatic carbocycles. The molecule has 5 nitrogen and oxygen atoms in total. The van der Waals surface area contributed by atoms with Crippen LogP contribution in [0.15, 0.2) is 24.3 Å². The molecule has 0 radical (unpaired) electrons. The predicted octanol–water partition coefficient (Wildman–Crippen LogP) is 0.319. The highest BCUT2D eigenvalue weighted by Gasteiger charge is 2.23. The Morgan fingerprint density at radius 3 is 2.61 bits per heavy atom. The van der Waals surface area contributed by atoms with Crippen molar-refractivity contribution in [3.05, 3.63) is 35.4 Å². The van der Waals surface area contributed by atoms with Crippen molar-refractivity contribution in [2.24, 2.45) is 5.92 Å². The van der Waals surface area contributed by atoms with Crippen LogP contribution in [0.3, 0.4) is 0 Å². The summed E-state index contributed by atoms with van der Waals surface area (Å²) in [5.74, 6) is 0.785. The number of benzene rings is 1. The van der Waals surface area contributed by atoms with Crippen molar-refractivity contribution in [2.75, 3.05) is 33.7 Å². The molecule has 0 spiro atoms. The van der Waals surface area contributed by atoms with E-state index in [4.69, 9.17) is 0 Å². The summed E-state index contributed by atoms with van der Waals surface area (Å²) >= 11 is 0. The van der Waals surface area contributed by atoms with E-state index in [1.165, 1.54) is 11.3 Å². The van der Waals surface area contributed by atoms with Gasteiger partial charge in [0.05, 0.1) is 7.05 Å². The number of carbonyl (C=O) groups is 2. The van der Waals surface area contributed by atoms with E-state index >= 15 is 0 Å². The fourth-order valence-corrected chi connectivity index (χ4v) is 3.12. The molecule has 2 atom stereocenters. The first-order chi connectivity index (χ1) is 11.0. The minimum Gasteiger partial charge on any atom is -0.355 e. The van der Waals surface area contributed by atoms with Crippen molar-refractivity contribution in [1.82, 2.24) is 10.2 Å². The normalized spacial score (nSPS) is 19.3. The number of carbonyl (C=O) groups excluding carboxylic acids is 2. The second-order valence-corrected chi connectivity index (χ2v) is 6.67. The molecule has 2 rings (SSSR count). The lowest BCUT2D eigenvalue weighted by atomic mass is 10.0. The van der Waals surface area contributed by atoms with Gasteiger partial charge in [-0.15, -0.1) is 0 Å². The lowest BCUT2D eigenvalue weighted by molar-refractivity contribution is -0.885. The van der Waals surface area contributed by atoms with Gasteiger partial charge >= 0.3 is 0 Å². The average Bonchev–Trinajstić information content (AvgIpc) is 2.54. The fourth-order valence-electron chi connectivity index (χ4n) is 3.12. The molecule has 0 saturated carbocycles. The number of hydrogen-bond acceptors (Lipinski definition) is 2. The quantitative estimate of drug-likeness (QED) is 0.821. The molecule has 1 unspecified atom stereocenters. The maximum atomic E-state index is 12.4. The molecule has 2 N–H and O–H groups in total. The van der Waals surface area contributed by atoms with E-state index < -0.39 is 0 Å². The number of nitrogens with one attached hydrogen (secondary N) is 2. The van der Waals surface area contributed by atoms with Crippen LogP contribution in [0.5, 0.6) is 0 Å². The smallest absolute Gasteiger partial charge is 0.277 e. The monoisotopic (exact) mass is 318 g/mol. The highest BCUT2D eigenvalue weighted by atomic mass is 16.2. The minimum absolute atomic E-state index is 0.0772. The Morgan fingerprint density at radius 2 is 2.00 bits per heavy atom. The van der Waals surface area contributed by atoms with Crippen LogP contribution in [0.25, 0.3) is 0 Å². The van der Waals surface area contributed by atoms with Crippen LogP contribution < -0.4 is 10.2 Å². The van der Waals surface area contributed by atoms with E-state index in [0.717, 1.165) is 31.6 Å². The van der Waals surface area contributed by atoms with Gasteiger partial charge in [0.25, 0.3) is 11.8 Å². The highest BCUT2D eigenvalue weighted by Crippen LogP contribution is 2.14. The van der Waals surface area contributed by atoms with Crippen LogP contribution >= 0.6 is 0 Å². The number of likely N-dealkylation sites (tertiary alicyclic amines) is 1. The third-order valence-corrected chi connectivity index (χ3v) is 4.41. The lowest BCUT2D eigenvalue weighted by Gasteiger charge is -2.31. The van der Waals surface area contributed by atoms with Gasteiger partial charge < -0.3 is 15.1 Å². The zero-order valence-corrected chi connectivity index (χ0v) is 14.4. The summed E-state index contributed by atoms with van der Waals surface area (Å²) in [6.07, 6.45) is 2.34. The van der Waals surface area contributed by atoms with Crippen molar-refractivity contribution in [3.8, 4) is 0 Å². The molecule has 1 fully saturated rings. The molecular formula is C18H28N3O2+. The number of hydrogen-bond donors (Lipinski definition) is 2. The topological polar surface area (TPSA) is 53.9 Å². The molecule has 1 aliphatic heterocycles. The van der Waals surface area contributed by atoms with Crippen LogP contribution in [0.4, 0.5) is 0 Å². The summed E-state index contributed by atoms with van der Waals surface area (Å²) in [5.41, 5.74) is 1.79. The minimum atomic E-state index is -0.0772. The SMILES string of the molecule is CNC(=O)c1ccc(C[NH+](C)CC(=O)N2CCC[C@H](C)C2)cc1. The second-order valence-electron chi connectivity index (χ2n) is 6.67. The molecule has 23 heavy (non-hydrogen) atoms. The summed E-state index contributed by atoms with van der Waals surface area (Å²) in [6, 6.07) is 7.58. The van der Waals surface area contributed by atoms with Gasteiger partial charge in [-0.25, -0.2) is 0 Å². The second kappa shape index (κ2) is 8.11. The van der Waals surface area contributed by atoms with Gasteiger partial charge in [0.15, 0.2) is 6.54 Å². The molecule has 1 saturated heterocycles. The lowest BCUT2D eigenvalue weighted by Crippen LogP contribution is -3.08. The van der Waals surface area contributed by atoms with Gasteiger partial charge in [-0.1, -0.05) is 19.1 Å². The number of quaternary nitrogens is 1. The van der Waals surface area contributed by atoms with Gasteiger partial charge in [-0.3, -0.25) is 9.59 Å². The summed E-state index contributed by atoms with van der Waals surface area (Å²) in [5, 5.41) is 2.61. The van der Waals surface area contributed by atoms with Gasteiger partial charge in [-0.2, -0.15) is 0 Å². The Morgan fingerprint density at radius 1 is 1.30 bits per heavy atom. The van der Waals surface area contributed by atoms with Gasteiger partial charge in [0.2, 0.25) is 0 Å². The zero-order valence-electron chi connectivity index (χ0n) is 14.4. The molecule has 1 aliphatic rings. The fraction of sp³-hybridized carbons (Fsp3) is 0.556.